The van der Waals surface area contributed by atoms with Gasteiger partial charge in [0.15, 0.2) is 0 Å². The van der Waals surface area contributed by atoms with Crippen molar-refractivity contribution in [2.75, 3.05) is 5.73 Å². The number of sulfonamides is 1. The van der Waals surface area contributed by atoms with Crippen molar-refractivity contribution in [3.63, 3.8) is 0 Å². The van der Waals surface area contributed by atoms with Crippen molar-refractivity contribution < 1.29 is 8.42 Å². The maximum Gasteiger partial charge on any atom is 0.242 e. The highest BCUT2D eigenvalue weighted by molar-refractivity contribution is 7.89. The number of hydrogen-bond acceptors (Lipinski definition) is 3. The third kappa shape index (κ3) is 5.01. The number of benzene rings is 1. The summed E-state index contributed by atoms with van der Waals surface area (Å²) in [6.07, 6.45) is 1.76. The van der Waals surface area contributed by atoms with Crippen LogP contribution >= 0.6 is 11.6 Å². The second kappa shape index (κ2) is 6.59. The number of halogens is 1. The molecule has 0 spiro atoms. The predicted molar refractivity (Wildman–Crippen MR) is 79.7 cm³/mol. The van der Waals surface area contributed by atoms with Gasteiger partial charge in [0.1, 0.15) is 4.90 Å². The lowest BCUT2D eigenvalue weighted by Crippen LogP contribution is -2.33. The number of nitrogens with two attached hydrogens (primary N) is 1. The first kappa shape index (κ1) is 16.3. The van der Waals surface area contributed by atoms with Gasteiger partial charge in [0.2, 0.25) is 10.0 Å². The van der Waals surface area contributed by atoms with Gasteiger partial charge in [-0.1, -0.05) is 25.4 Å². The minimum atomic E-state index is -3.62. The van der Waals surface area contributed by atoms with Crippen molar-refractivity contribution in [2.24, 2.45) is 5.92 Å². The molecule has 0 bridgehead atoms. The average molecular weight is 305 g/mol. The Labute approximate surface area is 120 Å². The van der Waals surface area contributed by atoms with Crippen LogP contribution in [0.3, 0.4) is 0 Å². The average Bonchev–Trinajstić information content (AvgIpc) is 2.29. The molecule has 4 nitrogen and oxygen atoms in total. The summed E-state index contributed by atoms with van der Waals surface area (Å²) < 4.78 is 27.0. The normalized spacial score (nSPS) is 13.7. The fourth-order valence-electron chi connectivity index (χ4n) is 1.70. The Hall–Kier alpha value is -0.780. The Bertz CT molecular complexity index is 529. The van der Waals surface area contributed by atoms with Crippen molar-refractivity contribution in [2.45, 2.75) is 44.6 Å². The molecule has 0 fully saturated rings. The van der Waals surface area contributed by atoms with E-state index in [9.17, 15) is 8.42 Å². The Morgan fingerprint density at radius 1 is 1.26 bits per heavy atom. The molecule has 3 N–H and O–H groups in total. The van der Waals surface area contributed by atoms with E-state index in [0.29, 0.717) is 11.6 Å². The molecule has 0 aliphatic rings. The smallest absolute Gasteiger partial charge is 0.242 e. The fourth-order valence-corrected chi connectivity index (χ4v) is 3.51. The summed E-state index contributed by atoms with van der Waals surface area (Å²) in [5, 5.41) is 0.178. The zero-order valence-electron chi connectivity index (χ0n) is 11.5. The largest absolute Gasteiger partial charge is 0.399 e. The Morgan fingerprint density at radius 3 is 2.47 bits per heavy atom. The molecule has 1 aromatic rings. The van der Waals surface area contributed by atoms with E-state index in [4.69, 9.17) is 17.3 Å². The second-order valence-corrected chi connectivity index (χ2v) is 7.27. The van der Waals surface area contributed by atoms with Gasteiger partial charge < -0.3 is 5.73 Å². The van der Waals surface area contributed by atoms with Gasteiger partial charge in [0.05, 0.1) is 5.02 Å². The van der Waals surface area contributed by atoms with Crippen LogP contribution in [0.1, 0.15) is 33.6 Å². The van der Waals surface area contributed by atoms with Crippen LogP contribution in [0.2, 0.25) is 5.02 Å². The van der Waals surface area contributed by atoms with Crippen LogP contribution in [0.4, 0.5) is 5.69 Å². The van der Waals surface area contributed by atoms with E-state index >= 15 is 0 Å². The van der Waals surface area contributed by atoms with Crippen LogP contribution in [0, 0.1) is 5.92 Å². The number of rotatable bonds is 6. The SMILES string of the molecule is CC(C)CCC(C)NS(=O)(=O)c1cc(N)ccc1Cl. The van der Waals surface area contributed by atoms with E-state index in [0.717, 1.165) is 12.8 Å². The molecule has 0 heterocycles. The zero-order valence-corrected chi connectivity index (χ0v) is 13.1. The van der Waals surface area contributed by atoms with Gasteiger partial charge in [-0.3, -0.25) is 0 Å². The van der Waals surface area contributed by atoms with E-state index in [1.54, 1.807) is 6.07 Å². The molecule has 0 aliphatic carbocycles. The highest BCUT2D eigenvalue weighted by atomic mass is 35.5. The van der Waals surface area contributed by atoms with Crippen LogP contribution in [0.25, 0.3) is 0 Å². The van der Waals surface area contributed by atoms with Gasteiger partial charge >= 0.3 is 0 Å². The first-order chi connectivity index (χ1) is 8.72. The van der Waals surface area contributed by atoms with Crippen molar-refractivity contribution in [3.05, 3.63) is 23.2 Å². The lowest BCUT2D eigenvalue weighted by atomic mass is 10.1. The second-order valence-electron chi connectivity index (χ2n) is 5.18. The summed E-state index contributed by atoms with van der Waals surface area (Å²) >= 11 is 5.92. The number of nitrogen functional groups attached to an aromatic ring is 1. The molecule has 108 valence electrons. The third-order valence-corrected chi connectivity index (χ3v) is 4.85. The zero-order chi connectivity index (χ0) is 14.6. The molecule has 0 saturated heterocycles. The minimum Gasteiger partial charge on any atom is -0.399 e. The summed E-state index contributed by atoms with van der Waals surface area (Å²) in [5.41, 5.74) is 5.98. The predicted octanol–water partition coefficient (Wildman–Crippen LogP) is 3.03. The molecule has 1 rings (SSSR count). The summed E-state index contributed by atoms with van der Waals surface area (Å²) in [7, 11) is -3.62. The first-order valence-electron chi connectivity index (χ1n) is 6.29. The molecule has 0 amide bonds. The number of hydrogen-bond donors (Lipinski definition) is 2. The lowest BCUT2D eigenvalue weighted by Gasteiger charge is -2.16. The van der Waals surface area contributed by atoms with Gasteiger partial charge in [-0.15, -0.1) is 0 Å². The molecular weight excluding hydrogens is 284 g/mol. The number of anilines is 1. The van der Waals surface area contributed by atoms with Gasteiger partial charge in [0.25, 0.3) is 0 Å². The molecule has 0 radical (unpaired) electrons. The highest BCUT2D eigenvalue weighted by Gasteiger charge is 2.20. The van der Waals surface area contributed by atoms with Gasteiger partial charge in [-0.25, -0.2) is 13.1 Å². The third-order valence-electron chi connectivity index (χ3n) is 2.78. The molecular formula is C13H21ClN2O2S. The highest BCUT2D eigenvalue weighted by Crippen LogP contribution is 2.24. The molecule has 1 atom stereocenters. The molecule has 0 saturated carbocycles. The first-order valence-corrected chi connectivity index (χ1v) is 8.16. The molecule has 1 aromatic carbocycles. The summed E-state index contributed by atoms with van der Waals surface area (Å²) in [5.74, 6) is 0.544. The van der Waals surface area contributed by atoms with Gasteiger partial charge in [-0.2, -0.15) is 0 Å². The molecule has 1 unspecified atom stereocenters. The molecule has 0 aliphatic heterocycles. The molecule has 0 aromatic heterocycles. The van der Waals surface area contributed by atoms with Crippen molar-refractivity contribution in [1.82, 2.24) is 4.72 Å². The van der Waals surface area contributed by atoms with Gasteiger partial charge in [0, 0.05) is 11.7 Å². The van der Waals surface area contributed by atoms with Gasteiger partial charge in [-0.05, 0) is 43.9 Å². The van der Waals surface area contributed by atoms with Crippen molar-refractivity contribution in [3.8, 4) is 0 Å². The Balaban J connectivity index is 2.83. The van der Waals surface area contributed by atoms with Crippen molar-refractivity contribution in [1.29, 1.82) is 0 Å². The van der Waals surface area contributed by atoms with Crippen LogP contribution in [-0.2, 0) is 10.0 Å². The van der Waals surface area contributed by atoms with E-state index in [-0.39, 0.29) is 16.0 Å². The fraction of sp³-hybridized carbons (Fsp3) is 0.538. The maximum absolute atomic E-state index is 12.2. The quantitative estimate of drug-likeness (QED) is 0.793. The van der Waals surface area contributed by atoms with Crippen LogP contribution in [0.5, 0.6) is 0 Å². The lowest BCUT2D eigenvalue weighted by molar-refractivity contribution is 0.485. The van der Waals surface area contributed by atoms with E-state index in [2.05, 4.69) is 18.6 Å². The van der Waals surface area contributed by atoms with E-state index in [1.807, 2.05) is 6.92 Å². The van der Waals surface area contributed by atoms with Crippen LogP contribution in [-0.4, -0.2) is 14.5 Å². The molecule has 19 heavy (non-hydrogen) atoms. The number of nitrogens with one attached hydrogen (secondary N) is 1. The monoisotopic (exact) mass is 304 g/mol. The molecule has 6 heteroatoms. The minimum absolute atomic E-state index is 0.0329. The van der Waals surface area contributed by atoms with Crippen molar-refractivity contribution >= 4 is 27.3 Å². The van der Waals surface area contributed by atoms with E-state index < -0.39 is 10.0 Å². The summed E-state index contributed by atoms with van der Waals surface area (Å²) in [4.78, 5) is 0.0329. The van der Waals surface area contributed by atoms with Crippen LogP contribution in [0.15, 0.2) is 23.1 Å². The summed E-state index contributed by atoms with van der Waals surface area (Å²) in [6, 6.07) is 4.30. The topological polar surface area (TPSA) is 72.2 Å². The Kier molecular flexibility index (Phi) is 5.64. The van der Waals surface area contributed by atoms with Crippen LogP contribution < -0.4 is 10.5 Å². The standard InChI is InChI=1S/C13H21ClN2O2S/c1-9(2)4-5-10(3)16-19(17,18)13-8-11(15)6-7-12(13)14/h6-10,16H,4-5,15H2,1-3H3. The Morgan fingerprint density at radius 2 is 1.89 bits per heavy atom. The maximum atomic E-state index is 12.2. The summed E-state index contributed by atoms with van der Waals surface area (Å²) in [6.45, 7) is 6.06. The van der Waals surface area contributed by atoms with E-state index in [1.165, 1.54) is 12.1 Å².